The third kappa shape index (κ3) is 3.28. The van der Waals surface area contributed by atoms with Gasteiger partial charge in [0.15, 0.2) is 0 Å². The highest BCUT2D eigenvalue weighted by Gasteiger charge is 2.21. The van der Waals surface area contributed by atoms with E-state index in [1.165, 1.54) is 45.6 Å². The monoisotopic (exact) mass is 261 g/mol. The van der Waals surface area contributed by atoms with Crippen molar-refractivity contribution in [2.75, 3.05) is 19.1 Å². The van der Waals surface area contributed by atoms with Crippen LogP contribution in [0.4, 0.5) is 5.69 Å². The maximum Gasteiger partial charge on any atom is 0.339 e. The van der Waals surface area contributed by atoms with Crippen molar-refractivity contribution < 1.29 is 9.53 Å². The Bertz CT molecular complexity index is 423. The number of esters is 1. The van der Waals surface area contributed by atoms with Crippen LogP contribution < -0.4 is 4.90 Å². The van der Waals surface area contributed by atoms with Gasteiger partial charge in [-0.1, -0.05) is 37.8 Å². The van der Waals surface area contributed by atoms with Gasteiger partial charge in [-0.05, 0) is 25.0 Å². The van der Waals surface area contributed by atoms with Gasteiger partial charge in [0.1, 0.15) is 0 Å². The van der Waals surface area contributed by atoms with Crippen LogP contribution in [0.3, 0.4) is 0 Å². The van der Waals surface area contributed by atoms with Crippen molar-refractivity contribution in [1.82, 2.24) is 0 Å². The maximum absolute atomic E-state index is 11.8. The molecule has 0 atom stereocenters. The summed E-state index contributed by atoms with van der Waals surface area (Å²) < 4.78 is 4.87. The second-order valence-electron chi connectivity index (χ2n) is 5.27. The average molecular weight is 261 g/mol. The van der Waals surface area contributed by atoms with Gasteiger partial charge in [0, 0.05) is 13.1 Å². The summed E-state index contributed by atoms with van der Waals surface area (Å²) in [7, 11) is 3.53. The van der Waals surface area contributed by atoms with E-state index in [-0.39, 0.29) is 5.97 Å². The van der Waals surface area contributed by atoms with Gasteiger partial charge in [0.25, 0.3) is 0 Å². The molecule has 1 aromatic rings. The number of methoxy groups -OCH3 is 1. The number of anilines is 1. The van der Waals surface area contributed by atoms with Gasteiger partial charge < -0.3 is 9.64 Å². The van der Waals surface area contributed by atoms with Crippen molar-refractivity contribution in [2.24, 2.45) is 0 Å². The smallest absolute Gasteiger partial charge is 0.339 e. The van der Waals surface area contributed by atoms with Crippen LogP contribution in [0.5, 0.6) is 0 Å². The predicted molar refractivity (Wildman–Crippen MR) is 77.7 cm³/mol. The Morgan fingerprint density at radius 3 is 2.42 bits per heavy atom. The molecule has 0 spiro atoms. The van der Waals surface area contributed by atoms with Crippen LogP contribution in [-0.4, -0.2) is 26.2 Å². The number of rotatable bonds is 3. The van der Waals surface area contributed by atoms with E-state index >= 15 is 0 Å². The third-order valence-electron chi connectivity index (χ3n) is 4.06. The number of para-hydroxylation sites is 1. The van der Waals surface area contributed by atoms with Crippen molar-refractivity contribution in [2.45, 2.75) is 44.6 Å². The predicted octanol–water partition coefficient (Wildman–Crippen LogP) is 3.63. The Morgan fingerprint density at radius 2 is 1.79 bits per heavy atom. The van der Waals surface area contributed by atoms with Crippen LogP contribution >= 0.6 is 0 Å². The Morgan fingerprint density at radius 1 is 1.16 bits per heavy atom. The fourth-order valence-electron chi connectivity index (χ4n) is 2.91. The first-order valence-electron chi connectivity index (χ1n) is 7.14. The highest BCUT2D eigenvalue weighted by atomic mass is 16.5. The average Bonchev–Trinajstić information content (AvgIpc) is 2.74. The van der Waals surface area contributed by atoms with Gasteiger partial charge in [-0.15, -0.1) is 0 Å². The Labute approximate surface area is 115 Å². The third-order valence-corrected chi connectivity index (χ3v) is 4.06. The molecular formula is C16H23NO2. The topological polar surface area (TPSA) is 29.5 Å². The summed E-state index contributed by atoms with van der Waals surface area (Å²) in [5.74, 6) is -0.254. The molecule has 3 nitrogen and oxygen atoms in total. The van der Waals surface area contributed by atoms with E-state index in [4.69, 9.17) is 4.74 Å². The number of hydrogen-bond donors (Lipinski definition) is 0. The highest BCUT2D eigenvalue weighted by molar-refractivity contribution is 5.95. The minimum absolute atomic E-state index is 0.254. The van der Waals surface area contributed by atoms with E-state index in [0.29, 0.717) is 11.6 Å². The van der Waals surface area contributed by atoms with Gasteiger partial charge in [0.2, 0.25) is 0 Å². The first-order chi connectivity index (χ1) is 9.24. The van der Waals surface area contributed by atoms with Crippen LogP contribution in [-0.2, 0) is 4.74 Å². The fourth-order valence-corrected chi connectivity index (χ4v) is 2.91. The standard InChI is InChI=1S/C16H23NO2/c1-17(13-9-5-3-4-6-10-13)15-12-8-7-11-14(15)16(18)19-2/h7-8,11-13H,3-6,9-10H2,1-2H3. The summed E-state index contributed by atoms with van der Waals surface area (Å²) in [6.07, 6.45) is 7.68. The Balaban J connectivity index is 2.22. The first-order valence-corrected chi connectivity index (χ1v) is 7.14. The van der Waals surface area contributed by atoms with Crippen molar-refractivity contribution in [3.8, 4) is 0 Å². The molecule has 1 aliphatic rings. The zero-order valence-corrected chi connectivity index (χ0v) is 11.9. The van der Waals surface area contributed by atoms with Crippen LogP contribution in [0, 0.1) is 0 Å². The molecule has 0 amide bonds. The lowest BCUT2D eigenvalue weighted by Gasteiger charge is -2.30. The van der Waals surface area contributed by atoms with E-state index in [9.17, 15) is 4.79 Å². The molecule has 19 heavy (non-hydrogen) atoms. The number of nitrogens with zero attached hydrogens (tertiary/aromatic N) is 1. The Kier molecular flexibility index (Phi) is 4.83. The summed E-state index contributed by atoms with van der Waals surface area (Å²) in [6.45, 7) is 0. The van der Waals surface area contributed by atoms with E-state index in [1.54, 1.807) is 0 Å². The molecule has 1 aliphatic carbocycles. The fraction of sp³-hybridized carbons (Fsp3) is 0.562. The van der Waals surface area contributed by atoms with Crippen molar-refractivity contribution in [3.05, 3.63) is 29.8 Å². The van der Waals surface area contributed by atoms with Crippen molar-refractivity contribution in [1.29, 1.82) is 0 Å². The second-order valence-corrected chi connectivity index (χ2v) is 5.27. The lowest BCUT2D eigenvalue weighted by Crippen LogP contribution is -2.32. The van der Waals surface area contributed by atoms with E-state index < -0.39 is 0 Å². The molecular weight excluding hydrogens is 238 g/mol. The van der Waals surface area contributed by atoms with E-state index in [2.05, 4.69) is 11.9 Å². The highest BCUT2D eigenvalue weighted by Crippen LogP contribution is 2.28. The molecule has 1 saturated carbocycles. The van der Waals surface area contributed by atoms with Gasteiger partial charge in [-0.25, -0.2) is 4.79 Å². The summed E-state index contributed by atoms with van der Waals surface area (Å²) in [4.78, 5) is 14.1. The molecule has 104 valence electrons. The minimum Gasteiger partial charge on any atom is -0.465 e. The number of carbonyl (C=O) groups is 1. The molecule has 0 unspecified atom stereocenters. The summed E-state index contributed by atoms with van der Waals surface area (Å²) in [5, 5.41) is 0. The van der Waals surface area contributed by atoms with Gasteiger partial charge in [-0.3, -0.25) is 0 Å². The zero-order valence-electron chi connectivity index (χ0n) is 11.9. The Hall–Kier alpha value is -1.51. The van der Waals surface area contributed by atoms with E-state index in [0.717, 1.165) is 5.69 Å². The number of carbonyl (C=O) groups excluding carboxylic acids is 1. The molecule has 0 N–H and O–H groups in total. The van der Waals surface area contributed by atoms with E-state index in [1.807, 2.05) is 24.3 Å². The molecule has 0 radical (unpaired) electrons. The number of hydrogen-bond acceptors (Lipinski definition) is 3. The molecule has 0 aliphatic heterocycles. The number of ether oxygens (including phenoxy) is 1. The molecule has 2 rings (SSSR count). The van der Waals surface area contributed by atoms with Crippen LogP contribution in [0.25, 0.3) is 0 Å². The van der Waals surface area contributed by atoms with Crippen LogP contribution in [0.2, 0.25) is 0 Å². The molecule has 0 heterocycles. The largest absolute Gasteiger partial charge is 0.465 e. The van der Waals surface area contributed by atoms with Crippen LogP contribution in [0.15, 0.2) is 24.3 Å². The molecule has 1 fully saturated rings. The second kappa shape index (κ2) is 6.60. The van der Waals surface area contributed by atoms with Gasteiger partial charge >= 0.3 is 5.97 Å². The number of benzene rings is 1. The zero-order chi connectivity index (χ0) is 13.7. The van der Waals surface area contributed by atoms with Crippen molar-refractivity contribution in [3.63, 3.8) is 0 Å². The lowest BCUT2D eigenvalue weighted by molar-refractivity contribution is 0.0601. The van der Waals surface area contributed by atoms with Gasteiger partial charge in [0.05, 0.1) is 18.4 Å². The lowest BCUT2D eigenvalue weighted by atomic mass is 10.0. The molecule has 3 heteroatoms. The minimum atomic E-state index is -0.254. The SMILES string of the molecule is COC(=O)c1ccccc1N(C)C1CCCCCC1. The summed E-state index contributed by atoms with van der Waals surface area (Å²) in [5.41, 5.74) is 1.65. The summed E-state index contributed by atoms with van der Waals surface area (Å²) >= 11 is 0. The normalized spacial score (nSPS) is 16.7. The quantitative estimate of drug-likeness (QED) is 0.614. The molecule has 0 saturated heterocycles. The maximum atomic E-state index is 11.8. The molecule has 0 bridgehead atoms. The molecule has 0 aromatic heterocycles. The molecule has 1 aromatic carbocycles. The van der Waals surface area contributed by atoms with Crippen molar-refractivity contribution >= 4 is 11.7 Å². The van der Waals surface area contributed by atoms with Gasteiger partial charge in [-0.2, -0.15) is 0 Å². The summed E-state index contributed by atoms with van der Waals surface area (Å²) in [6, 6.07) is 8.25. The van der Waals surface area contributed by atoms with Crippen LogP contribution in [0.1, 0.15) is 48.9 Å². The first kappa shape index (κ1) is 13.9.